The van der Waals surface area contributed by atoms with E-state index in [9.17, 15) is 13.0 Å². The van der Waals surface area contributed by atoms with E-state index in [1.165, 1.54) is 0 Å². The quantitative estimate of drug-likeness (QED) is 0.534. The van der Waals surface area contributed by atoms with Crippen LogP contribution in [0.15, 0.2) is 28.7 Å². The summed E-state index contributed by atoms with van der Waals surface area (Å²) in [6.07, 6.45) is 0.127. The summed E-state index contributed by atoms with van der Waals surface area (Å²) in [4.78, 5) is 0. The van der Waals surface area contributed by atoms with Gasteiger partial charge in [0.15, 0.2) is 5.44 Å². The van der Waals surface area contributed by atoms with E-state index in [0.29, 0.717) is 5.75 Å². The summed E-state index contributed by atoms with van der Waals surface area (Å²) < 4.78 is 38.1. The van der Waals surface area contributed by atoms with Gasteiger partial charge in [-0.2, -0.15) is 0 Å². The molecule has 1 aromatic carbocycles. The van der Waals surface area contributed by atoms with Gasteiger partial charge in [-0.15, -0.1) is 0 Å². The number of hydrogen-bond donors (Lipinski definition) is 0. The van der Waals surface area contributed by atoms with E-state index in [0.717, 1.165) is 4.47 Å². The summed E-state index contributed by atoms with van der Waals surface area (Å²) in [5, 5.41) is 0. The fraction of sp³-hybridized carbons (Fsp3) is 0.333. The number of rotatable bonds is 4. The SMILES string of the molecule is CCC(Oc1ccc(Br)cc1)S(=O)(=O)[O-].[Na+]. The molecule has 7 heteroatoms. The van der Waals surface area contributed by atoms with Crippen LogP contribution in [0.2, 0.25) is 0 Å². The van der Waals surface area contributed by atoms with Gasteiger partial charge in [-0.25, -0.2) is 8.42 Å². The fourth-order valence-corrected chi connectivity index (χ4v) is 1.91. The Kier molecular flexibility index (Phi) is 7.16. The van der Waals surface area contributed by atoms with Crippen molar-refractivity contribution in [3.63, 3.8) is 0 Å². The molecule has 1 unspecified atom stereocenters. The van der Waals surface area contributed by atoms with Gasteiger partial charge in [-0.05, 0) is 30.7 Å². The van der Waals surface area contributed by atoms with E-state index in [-0.39, 0.29) is 36.0 Å². The smallest absolute Gasteiger partial charge is 0.745 e. The maximum absolute atomic E-state index is 10.7. The van der Waals surface area contributed by atoms with Crippen molar-refractivity contribution in [3.8, 4) is 5.75 Å². The molecule has 0 saturated heterocycles. The average molecular weight is 317 g/mol. The third-order valence-electron chi connectivity index (χ3n) is 1.74. The Morgan fingerprint density at radius 3 is 2.25 bits per heavy atom. The first-order valence-corrected chi connectivity index (χ1v) is 6.57. The zero-order valence-electron chi connectivity index (χ0n) is 9.01. The van der Waals surface area contributed by atoms with Gasteiger partial charge in [0, 0.05) is 4.47 Å². The van der Waals surface area contributed by atoms with E-state index in [4.69, 9.17) is 4.74 Å². The van der Waals surface area contributed by atoms with Gasteiger partial charge in [0.05, 0.1) is 0 Å². The van der Waals surface area contributed by atoms with Gasteiger partial charge in [-0.3, -0.25) is 0 Å². The molecule has 0 N–H and O–H groups in total. The minimum absolute atomic E-state index is 0. The molecule has 0 heterocycles. The third kappa shape index (κ3) is 5.16. The summed E-state index contributed by atoms with van der Waals surface area (Å²) in [5.41, 5.74) is -1.32. The van der Waals surface area contributed by atoms with Crippen LogP contribution < -0.4 is 34.3 Å². The van der Waals surface area contributed by atoms with Gasteiger partial charge < -0.3 is 9.29 Å². The van der Waals surface area contributed by atoms with E-state index in [1.807, 2.05) is 0 Å². The second kappa shape index (κ2) is 6.98. The van der Waals surface area contributed by atoms with Crippen LogP contribution in [-0.4, -0.2) is 18.4 Å². The Balaban J connectivity index is 0.00000225. The second-order valence-corrected chi connectivity index (χ2v) is 5.33. The molecule has 0 bridgehead atoms. The number of hydrogen-bond acceptors (Lipinski definition) is 4. The van der Waals surface area contributed by atoms with Crippen molar-refractivity contribution in [2.45, 2.75) is 18.8 Å². The van der Waals surface area contributed by atoms with E-state index in [1.54, 1.807) is 31.2 Å². The maximum atomic E-state index is 10.7. The van der Waals surface area contributed by atoms with Crippen LogP contribution in [0, 0.1) is 0 Å². The molecule has 0 fully saturated rings. The van der Waals surface area contributed by atoms with Crippen LogP contribution in [0.3, 0.4) is 0 Å². The average Bonchev–Trinajstić information content (AvgIpc) is 2.15. The van der Waals surface area contributed by atoms with Crippen LogP contribution in [-0.2, 0) is 10.1 Å². The van der Waals surface area contributed by atoms with Crippen molar-refractivity contribution in [1.82, 2.24) is 0 Å². The third-order valence-corrected chi connectivity index (χ3v) is 3.34. The number of halogens is 1. The molecule has 16 heavy (non-hydrogen) atoms. The van der Waals surface area contributed by atoms with Gasteiger partial charge >= 0.3 is 29.6 Å². The largest absolute Gasteiger partial charge is 1.00 e. The Labute approximate surface area is 126 Å². The minimum Gasteiger partial charge on any atom is -0.745 e. The molecule has 1 atom stereocenters. The van der Waals surface area contributed by atoms with Gasteiger partial charge in [0.2, 0.25) is 0 Å². The predicted octanol–water partition coefficient (Wildman–Crippen LogP) is -0.887. The number of benzene rings is 1. The molecular formula is C9H10BrNaO4S. The first kappa shape index (κ1) is 16.4. The molecule has 84 valence electrons. The van der Waals surface area contributed by atoms with Gasteiger partial charge in [0.1, 0.15) is 15.9 Å². The fourth-order valence-electron chi connectivity index (χ4n) is 1.01. The Hall–Kier alpha value is 0.410. The summed E-state index contributed by atoms with van der Waals surface area (Å²) in [5.74, 6) is 0.365. The topological polar surface area (TPSA) is 66.4 Å². The van der Waals surface area contributed by atoms with Crippen molar-refractivity contribution < 1.29 is 47.3 Å². The van der Waals surface area contributed by atoms with Gasteiger partial charge in [-0.1, -0.05) is 22.9 Å². The van der Waals surface area contributed by atoms with Crippen molar-refractivity contribution in [3.05, 3.63) is 28.7 Å². The van der Waals surface area contributed by atoms with Crippen LogP contribution in [0.5, 0.6) is 5.75 Å². The molecule has 0 aliphatic heterocycles. The van der Waals surface area contributed by atoms with E-state index in [2.05, 4.69) is 15.9 Å². The Bertz CT molecular complexity index is 418. The summed E-state index contributed by atoms with van der Waals surface area (Å²) in [7, 11) is -4.41. The maximum Gasteiger partial charge on any atom is 1.00 e. The standard InChI is InChI=1S/C9H11BrO4S.Na/c1-2-9(15(11,12)13)14-8-5-3-7(10)4-6-8;/h3-6,9H,2H2,1H3,(H,11,12,13);/q;+1/p-1. The van der Waals surface area contributed by atoms with Crippen molar-refractivity contribution in [1.29, 1.82) is 0 Å². The van der Waals surface area contributed by atoms with Gasteiger partial charge in [0.25, 0.3) is 0 Å². The van der Waals surface area contributed by atoms with Crippen LogP contribution >= 0.6 is 15.9 Å². The van der Waals surface area contributed by atoms with Crippen molar-refractivity contribution in [2.24, 2.45) is 0 Å². The molecule has 1 rings (SSSR count). The van der Waals surface area contributed by atoms with E-state index < -0.39 is 15.6 Å². The molecule has 0 saturated carbocycles. The summed E-state index contributed by atoms with van der Waals surface area (Å²) >= 11 is 3.23. The minimum atomic E-state index is -4.41. The predicted molar refractivity (Wildman–Crippen MR) is 58.5 cm³/mol. The molecule has 0 radical (unpaired) electrons. The summed E-state index contributed by atoms with van der Waals surface area (Å²) in [6.45, 7) is 1.58. The van der Waals surface area contributed by atoms with Crippen molar-refractivity contribution in [2.75, 3.05) is 0 Å². The summed E-state index contributed by atoms with van der Waals surface area (Å²) in [6, 6.07) is 6.61. The second-order valence-electron chi connectivity index (χ2n) is 2.90. The number of ether oxygens (including phenoxy) is 1. The normalized spacial score (nSPS) is 12.7. The molecule has 1 aromatic rings. The van der Waals surface area contributed by atoms with Crippen molar-refractivity contribution >= 4 is 26.0 Å². The first-order chi connectivity index (χ1) is 6.93. The Morgan fingerprint density at radius 2 is 1.88 bits per heavy atom. The molecule has 0 spiro atoms. The monoisotopic (exact) mass is 316 g/mol. The molecule has 4 nitrogen and oxygen atoms in total. The first-order valence-electron chi connectivity index (χ1n) is 4.30. The molecule has 0 aliphatic carbocycles. The zero-order valence-corrected chi connectivity index (χ0v) is 13.4. The van der Waals surface area contributed by atoms with Crippen LogP contribution in [0.4, 0.5) is 0 Å². The molecular weight excluding hydrogens is 307 g/mol. The van der Waals surface area contributed by atoms with Crippen LogP contribution in [0.25, 0.3) is 0 Å². The molecule has 0 aromatic heterocycles. The van der Waals surface area contributed by atoms with Crippen LogP contribution in [0.1, 0.15) is 13.3 Å². The van der Waals surface area contributed by atoms with E-state index >= 15 is 0 Å². The Morgan fingerprint density at radius 1 is 1.38 bits per heavy atom. The molecule has 0 amide bonds. The molecule has 0 aliphatic rings. The zero-order chi connectivity index (χ0) is 11.5.